The molecule has 0 saturated carbocycles. The van der Waals surface area contributed by atoms with E-state index in [2.05, 4.69) is 93.5 Å². The molecule has 220 valence electrons. The quantitative estimate of drug-likeness (QED) is 0.262. The predicted octanol–water partition coefficient (Wildman–Crippen LogP) is 4.77. The van der Waals surface area contributed by atoms with Crippen LogP contribution in [0.1, 0.15) is 127 Å². The normalized spacial score (nSPS) is 11.5. The zero-order valence-corrected chi connectivity index (χ0v) is 30.8. The van der Waals surface area contributed by atoms with Crippen LogP contribution in [-0.2, 0) is 41.5 Å². The molecule has 1 aliphatic rings. The van der Waals surface area contributed by atoms with E-state index in [4.69, 9.17) is 0 Å². The van der Waals surface area contributed by atoms with Crippen molar-refractivity contribution in [2.24, 2.45) is 0 Å². The van der Waals surface area contributed by atoms with Gasteiger partial charge in [0.15, 0.2) is 0 Å². The van der Waals surface area contributed by atoms with Crippen LogP contribution in [0.4, 0.5) is 0 Å². The van der Waals surface area contributed by atoms with Crippen molar-refractivity contribution < 1.29 is 49.0 Å². The van der Waals surface area contributed by atoms with Crippen LogP contribution in [0, 0.1) is 19.9 Å². The minimum absolute atomic E-state index is 0. The SMILES string of the molecule is CCCC[C](=[Zr+2])CCCC.Cc1[c-]c2c(cc1C(C)(C)C)-c1cc(C(C)(C)C)c(C)cc1C2.[Cl-].[Cl-].c1cc[cH-]c1. The fraction of sp³-hybridized carbons (Fsp3) is 0.514. The van der Waals surface area contributed by atoms with Gasteiger partial charge in [0.2, 0.25) is 0 Å². The molecule has 40 heavy (non-hydrogen) atoms. The molecular formula is C37H52Cl2Zr-2. The van der Waals surface area contributed by atoms with E-state index in [9.17, 15) is 0 Å². The molecule has 0 aromatic heterocycles. The maximum atomic E-state index is 3.69. The van der Waals surface area contributed by atoms with Crippen molar-refractivity contribution in [3.8, 4) is 11.1 Å². The topological polar surface area (TPSA) is 0 Å². The maximum Gasteiger partial charge on any atom is -0.0129 e. The van der Waals surface area contributed by atoms with Gasteiger partial charge in [-0.3, -0.25) is 0 Å². The van der Waals surface area contributed by atoms with Gasteiger partial charge in [-0.05, 0) is 35.4 Å². The van der Waals surface area contributed by atoms with Crippen LogP contribution in [0.25, 0.3) is 11.1 Å². The van der Waals surface area contributed by atoms with Crippen LogP contribution in [0.2, 0.25) is 0 Å². The van der Waals surface area contributed by atoms with Gasteiger partial charge in [0, 0.05) is 0 Å². The number of unbranched alkanes of at least 4 members (excludes halogenated alkanes) is 2. The molecule has 0 saturated heterocycles. The number of rotatable bonds is 6. The van der Waals surface area contributed by atoms with Gasteiger partial charge in [-0.1, -0.05) is 71.6 Å². The zero-order chi connectivity index (χ0) is 28.5. The van der Waals surface area contributed by atoms with Crippen molar-refractivity contribution in [3.63, 3.8) is 0 Å². The molecule has 0 aliphatic heterocycles. The van der Waals surface area contributed by atoms with E-state index >= 15 is 0 Å². The van der Waals surface area contributed by atoms with E-state index in [1.165, 1.54) is 83.0 Å². The Morgan fingerprint density at radius 1 is 0.800 bits per heavy atom. The first-order chi connectivity index (χ1) is 17.8. The summed E-state index contributed by atoms with van der Waals surface area (Å²) in [6.07, 6.45) is 9.34. The maximum absolute atomic E-state index is 3.69. The van der Waals surface area contributed by atoms with Gasteiger partial charge in [0.05, 0.1) is 0 Å². The van der Waals surface area contributed by atoms with Crippen molar-refractivity contribution in [1.82, 2.24) is 0 Å². The molecule has 3 aromatic carbocycles. The minimum Gasteiger partial charge on any atom is -1.00 e. The summed E-state index contributed by atoms with van der Waals surface area (Å²) in [7, 11) is 0. The van der Waals surface area contributed by atoms with Gasteiger partial charge in [-0.25, -0.2) is 12.1 Å². The van der Waals surface area contributed by atoms with Crippen LogP contribution < -0.4 is 24.8 Å². The zero-order valence-electron chi connectivity index (χ0n) is 26.8. The second kappa shape index (κ2) is 17.9. The monoisotopic (exact) mass is 656 g/mol. The standard InChI is InChI=1S/C23H29.C9H18.C5H5.2ClH.Zr/c1-14-9-16-11-17-10-15(2)21(23(6,7)8)13-19(17)18(16)12-20(14)22(3,4)5;1-3-5-7-9-8-6-4-2;1-2-4-5-3-1;;;/h9,12-13H,11H2,1-8H3;3-8H2,1-2H3;1-5H;2*1H;/q-1;;-1;;;+2/p-2. The first-order valence-electron chi connectivity index (χ1n) is 14.7. The van der Waals surface area contributed by atoms with Gasteiger partial charge in [-0.2, -0.15) is 35.9 Å². The van der Waals surface area contributed by atoms with E-state index in [1.54, 1.807) is 27.4 Å². The van der Waals surface area contributed by atoms with Crippen molar-refractivity contribution in [2.45, 2.75) is 125 Å². The number of halogens is 2. The fourth-order valence-electron chi connectivity index (χ4n) is 5.25. The van der Waals surface area contributed by atoms with Crippen LogP contribution in [-0.4, -0.2) is 3.21 Å². The van der Waals surface area contributed by atoms with Crippen LogP contribution in [0.3, 0.4) is 0 Å². The van der Waals surface area contributed by atoms with Crippen LogP contribution >= 0.6 is 0 Å². The summed E-state index contributed by atoms with van der Waals surface area (Å²) < 4.78 is 1.79. The number of hydrogen-bond donors (Lipinski definition) is 0. The smallest absolute Gasteiger partial charge is 0.0129 e. The molecule has 0 nitrogen and oxygen atoms in total. The number of fused-ring (bicyclic) bond motifs is 3. The number of benzene rings is 2. The molecule has 0 heterocycles. The molecule has 0 bridgehead atoms. The number of aryl methyl sites for hydroxylation is 2. The largest absolute Gasteiger partial charge is 1.00 e. The number of hydrogen-bond acceptors (Lipinski definition) is 0. The van der Waals surface area contributed by atoms with E-state index in [-0.39, 0.29) is 35.6 Å². The van der Waals surface area contributed by atoms with Crippen LogP contribution in [0.5, 0.6) is 0 Å². The molecule has 4 rings (SSSR count). The molecule has 0 N–H and O–H groups in total. The summed E-state index contributed by atoms with van der Waals surface area (Å²) >= 11 is 1.67. The van der Waals surface area contributed by atoms with Gasteiger partial charge < -0.3 is 24.8 Å². The fourth-order valence-corrected chi connectivity index (χ4v) is 6.12. The van der Waals surface area contributed by atoms with Crippen molar-refractivity contribution >= 4 is 3.21 Å². The molecular weight excluding hydrogens is 607 g/mol. The summed E-state index contributed by atoms with van der Waals surface area (Å²) in [4.78, 5) is 0. The Bertz CT molecular complexity index is 1060. The molecule has 0 spiro atoms. The van der Waals surface area contributed by atoms with Crippen molar-refractivity contribution in [1.29, 1.82) is 0 Å². The molecule has 1 aliphatic carbocycles. The third kappa shape index (κ3) is 11.8. The Morgan fingerprint density at radius 2 is 1.30 bits per heavy atom. The Balaban J connectivity index is 0.000000746. The second-order valence-electron chi connectivity index (χ2n) is 13.0. The van der Waals surface area contributed by atoms with Gasteiger partial charge in [0.25, 0.3) is 0 Å². The Kier molecular flexibility index (Phi) is 17.5. The average Bonchev–Trinajstić information content (AvgIpc) is 3.50. The molecule has 0 fully saturated rings. The predicted molar refractivity (Wildman–Crippen MR) is 166 cm³/mol. The van der Waals surface area contributed by atoms with Gasteiger partial charge in [-0.15, -0.1) is 16.7 Å². The third-order valence-corrected chi connectivity index (χ3v) is 8.53. The van der Waals surface area contributed by atoms with E-state index in [1.807, 2.05) is 30.3 Å². The molecule has 3 aromatic rings. The summed E-state index contributed by atoms with van der Waals surface area (Å²) in [6, 6.07) is 20.9. The van der Waals surface area contributed by atoms with E-state index in [0.29, 0.717) is 0 Å². The van der Waals surface area contributed by atoms with E-state index in [0.717, 1.165) is 6.42 Å². The van der Waals surface area contributed by atoms with E-state index < -0.39 is 0 Å². The Morgan fingerprint density at radius 3 is 1.73 bits per heavy atom. The summed E-state index contributed by atoms with van der Waals surface area (Å²) in [5.74, 6) is 0. The molecule has 0 radical (unpaired) electrons. The third-order valence-electron chi connectivity index (χ3n) is 7.30. The summed E-state index contributed by atoms with van der Waals surface area (Å²) in [6.45, 7) is 22.8. The Hall–Kier alpha value is -0.877. The first-order valence-corrected chi connectivity index (χ1v) is 16.0. The molecule has 3 heteroatoms. The molecule has 0 unspecified atom stereocenters. The average molecular weight is 659 g/mol. The van der Waals surface area contributed by atoms with Crippen molar-refractivity contribution in [3.05, 3.63) is 88.0 Å². The Labute approximate surface area is 274 Å². The minimum atomic E-state index is 0. The molecule has 0 amide bonds. The summed E-state index contributed by atoms with van der Waals surface area (Å²) in [5, 5.41) is 0. The second-order valence-corrected chi connectivity index (χ2v) is 14.7. The first kappa shape index (κ1) is 39.1. The van der Waals surface area contributed by atoms with Crippen LogP contribution in [0.15, 0.2) is 48.5 Å². The molecule has 0 atom stereocenters. The summed E-state index contributed by atoms with van der Waals surface area (Å²) in [5.41, 5.74) is 11.6. The van der Waals surface area contributed by atoms with Crippen molar-refractivity contribution in [2.75, 3.05) is 0 Å². The van der Waals surface area contributed by atoms with Gasteiger partial charge in [0.1, 0.15) is 0 Å². The van der Waals surface area contributed by atoms with Gasteiger partial charge >= 0.3 is 79.8 Å².